The van der Waals surface area contributed by atoms with Gasteiger partial charge in [-0.2, -0.15) is 0 Å². The normalized spacial score (nSPS) is 18.0. The van der Waals surface area contributed by atoms with Crippen molar-refractivity contribution >= 4 is 16.9 Å². The Labute approximate surface area is 146 Å². The van der Waals surface area contributed by atoms with E-state index in [9.17, 15) is 4.79 Å². The number of hydrogen-bond acceptors (Lipinski definition) is 4. The zero-order valence-electron chi connectivity index (χ0n) is 14.6. The molecule has 1 unspecified atom stereocenters. The molecule has 1 atom stereocenters. The van der Waals surface area contributed by atoms with E-state index in [2.05, 4.69) is 15.0 Å². The van der Waals surface area contributed by atoms with Crippen LogP contribution in [0.3, 0.4) is 0 Å². The monoisotopic (exact) mass is 338 g/mol. The van der Waals surface area contributed by atoms with Crippen molar-refractivity contribution < 1.29 is 9.21 Å². The second kappa shape index (κ2) is 6.35. The highest BCUT2D eigenvalue weighted by atomic mass is 16.4. The van der Waals surface area contributed by atoms with Crippen molar-refractivity contribution in [2.75, 3.05) is 13.1 Å². The van der Waals surface area contributed by atoms with Crippen molar-refractivity contribution in [3.63, 3.8) is 0 Å². The number of rotatable bonds is 3. The van der Waals surface area contributed by atoms with Gasteiger partial charge in [0, 0.05) is 26.4 Å². The first kappa shape index (κ1) is 15.9. The van der Waals surface area contributed by atoms with Crippen molar-refractivity contribution in [2.24, 2.45) is 5.92 Å². The lowest BCUT2D eigenvalue weighted by Gasteiger charge is -2.32. The van der Waals surface area contributed by atoms with Crippen molar-refractivity contribution in [3.8, 4) is 0 Å². The Kier molecular flexibility index (Phi) is 4.03. The zero-order valence-corrected chi connectivity index (χ0v) is 14.6. The summed E-state index contributed by atoms with van der Waals surface area (Å²) in [4.78, 5) is 26.9. The highest BCUT2D eigenvalue weighted by Gasteiger charge is 2.28. The lowest BCUT2D eigenvalue weighted by Crippen LogP contribution is -2.40. The number of hydrogen-bond donors (Lipinski definition) is 1. The summed E-state index contributed by atoms with van der Waals surface area (Å²) >= 11 is 0. The Morgan fingerprint density at radius 2 is 2.16 bits per heavy atom. The maximum Gasteiger partial charge on any atom is 0.291 e. The molecule has 25 heavy (non-hydrogen) atoms. The fourth-order valence-corrected chi connectivity index (χ4v) is 3.67. The molecule has 0 saturated carbocycles. The van der Waals surface area contributed by atoms with E-state index in [0.29, 0.717) is 23.3 Å². The third kappa shape index (κ3) is 3.16. The Morgan fingerprint density at radius 3 is 2.92 bits per heavy atom. The van der Waals surface area contributed by atoms with Crippen molar-refractivity contribution in [1.29, 1.82) is 0 Å². The zero-order chi connectivity index (χ0) is 17.4. The van der Waals surface area contributed by atoms with Crippen LogP contribution >= 0.6 is 0 Å². The van der Waals surface area contributed by atoms with Crippen LogP contribution in [0.1, 0.15) is 40.8 Å². The Balaban J connectivity index is 1.47. The molecule has 2 aromatic heterocycles. The van der Waals surface area contributed by atoms with Gasteiger partial charge in [0.1, 0.15) is 5.82 Å². The number of nitrogens with one attached hydrogen (secondary N) is 1. The van der Waals surface area contributed by atoms with Crippen LogP contribution in [0.2, 0.25) is 0 Å². The van der Waals surface area contributed by atoms with E-state index in [1.54, 1.807) is 6.92 Å². The van der Waals surface area contributed by atoms with Gasteiger partial charge in [0.25, 0.3) is 5.91 Å². The Morgan fingerprint density at radius 1 is 1.32 bits per heavy atom. The Bertz CT molecular complexity index is 878. The van der Waals surface area contributed by atoms with Gasteiger partial charge in [0.2, 0.25) is 5.76 Å². The highest BCUT2D eigenvalue weighted by molar-refractivity contribution is 5.92. The predicted octanol–water partition coefficient (Wildman–Crippen LogP) is 3.26. The van der Waals surface area contributed by atoms with E-state index < -0.39 is 0 Å². The number of piperidine rings is 1. The molecule has 4 rings (SSSR count). The fraction of sp³-hybridized carbons (Fsp3) is 0.421. The first-order valence-electron chi connectivity index (χ1n) is 8.77. The van der Waals surface area contributed by atoms with Gasteiger partial charge in [-0.15, -0.1) is 0 Å². The number of imidazole rings is 1. The molecule has 0 spiro atoms. The molecule has 130 valence electrons. The highest BCUT2D eigenvalue weighted by Crippen LogP contribution is 2.23. The molecule has 6 heteroatoms. The van der Waals surface area contributed by atoms with Crippen LogP contribution in [-0.4, -0.2) is 38.8 Å². The van der Waals surface area contributed by atoms with Crippen molar-refractivity contribution in [1.82, 2.24) is 19.9 Å². The SMILES string of the molecule is Cc1nc(C)c(C(=O)N2CCCC(Cc3nc4ccccc4[nH]3)C2)o1. The molecule has 1 N–H and O–H groups in total. The number of aromatic amines is 1. The Hall–Kier alpha value is -2.63. The smallest absolute Gasteiger partial charge is 0.291 e. The minimum atomic E-state index is -0.0487. The van der Waals surface area contributed by atoms with E-state index in [1.807, 2.05) is 36.1 Å². The molecule has 3 aromatic rings. The molecule has 1 aromatic carbocycles. The molecule has 3 heterocycles. The number of para-hydroxylation sites is 2. The first-order valence-corrected chi connectivity index (χ1v) is 8.77. The minimum Gasteiger partial charge on any atom is -0.436 e. The summed E-state index contributed by atoms with van der Waals surface area (Å²) in [5.41, 5.74) is 2.73. The lowest BCUT2D eigenvalue weighted by molar-refractivity contribution is 0.0638. The standard InChI is InChI=1S/C19H22N4O2/c1-12-18(25-13(2)20-12)19(24)23-9-5-6-14(11-23)10-17-21-15-7-3-4-8-16(15)22-17/h3-4,7-8,14H,5-6,9-11H2,1-2H3,(H,21,22). The molecule has 1 aliphatic rings. The van der Waals surface area contributed by atoms with Crippen LogP contribution in [0.4, 0.5) is 0 Å². The summed E-state index contributed by atoms with van der Waals surface area (Å²) in [5, 5.41) is 0. The van der Waals surface area contributed by atoms with Gasteiger partial charge >= 0.3 is 0 Å². The second-order valence-corrected chi connectivity index (χ2v) is 6.81. The number of H-pyrrole nitrogens is 1. The van der Waals surface area contributed by atoms with Crippen molar-refractivity contribution in [2.45, 2.75) is 33.1 Å². The molecular weight excluding hydrogens is 316 g/mol. The van der Waals surface area contributed by atoms with Crippen LogP contribution in [0.15, 0.2) is 28.7 Å². The molecule has 0 aliphatic carbocycles. The lowest BCUT2D eigenvalue weighted by atomic mass is 9.94. The number of carbonyl (C=O) groups is 1. The van der Waals surface area contributed by atoms with E-state index in [4.69, 9.17) is 4.42 Å². The fourth-order valence-electron chi connectivity index (χ4n) is 3.67. The van der Waals surface area contributed by atoms with E-state index in [0.717, 1.165) is 49.2 Å². The van der Waals surface area contributed by atoms with Crippen LogP contribution in [-0.2, 0) is 6.42 Å². The maximum absolute atomic E-state index is 12.7. The third-order valence-corrected chi connectivity index (χ3v) is 4.82. The van der Waals surface area contributed by atoms with Crippen molar-refractivity contribution in [3.05, 3.63) is 47.4 Å². The van der Waals surface area contributed by atoms with Gasteiger partial charge in [-0.1, -0.05) is 12.1 Å². The summed E-state index contributed by atoms with van der Waals surface area (Å²) in [5.74, 6) is 2.26. The summed E-state index contributed by atoms with van der Waals surface area (Å²) in [6, 6.07) is 8.06. The maximum atomic E-state index is 12.7. The quantitative estimate of drug-likeness (QED) is 0.795. The first-order chi connectivity index (χ1) is 12.1. The average molecular weight is 338 g/mol. The second-order valence-electron chi connectivity index (χ2n) is 6.81. The van der Waals surface area contributed by atoms with Crippen LogP contribution in [0.25, 0.3) is 11.0 Å². The number of benzene rings is 1. The number of carbonyl (C=O) groups excluding carboxylic acids is 1. The third-order valence-electron chi connectivity index (χ3n) is 4.82. The van der Waals surface area contributed by atoms with E-state index >= 15 is 0 Å². The summed E-state index contributed by atoms with van der Waals surface area (Å²) < 4.78 is 5.50. The molecule has 6 nitrogen and oxygen atoms in total. The van der Waals surface area contributed by atoms with Gasteiger partial charge in [-0.25, -0.2) is 9.97 Å². The molecule has 1 aliphatic heterocycles. The largest absolute Gasteiger partial charge is 0.436 e. The number of likely N-dealkylation sites (tertiary alicyclic amines) is 1. The number of aryl methyl sites for hydroxylation is 2. The summed E-state index contributed by atoms with van der Waals surface area (Å²) in [6.45, 7) is 5.09. The van der Waals surface area contributed by atoms with Gasteiger partial charge in [0.15, 0.2) is 5.89 Å². The summed E-state index contributed by atoms with van der Waals surface area (Å²) in [7, 11) is 0. The molecule has 1 saturated heterocycles. The molecular formula is C19H22N4O2. The van der Waals surface area contributed by atoms with Gasteiger partial charge in [-0.05, 0) is 37.8 Å². The molecule has 1 amide bonds. The number of aromatic nitrogens is 3. The number of oxazole rings is 1. The van der Waals surface area contributed by atoms with Crippen LogP contribution in [0.5, 0.6) is 0 Å². The van der Waals surface area contributed by atoms with Gasteiger partial charge in [0.05, 0.1) is 16.7 Å². The summed E-state index contributed by atoms with van der Waals surface area (Å²) in [6.07, 6.45) is 2.96. The van der Waals surface area contributed by atoms with Crippen LogP contribution < -0.4 is 0 Å². The predicted molar refractivity (Wildman–Crippen MR) is 94.4 cm³/mol. The number of nitrogens with zero attached hydrogens (tertiary/aromatic N) is 3. The number of amides is 1. The topological polar surface area (TPSA) is 75.0 Å². The molecule has 0 radical (unpaired) electrons. The average Bonchev–Trinajstić information content (AvgIpc) is 3.16. The van der Waals surface area contributed by atoms with E-state index in [-0.39, 0.29) is 5.91 Å². The van der Waals surface area contributed by atoms with E-state index in [1.165, 1.54) is 0 Å². The molecule has 0 bridgehead atoms. The number of fused-ring (bicyclic) bond motifs is 1. The minimum absolute atomic E-state index is 0.0487. The van der Waals surface area contributed by atoms with Crippen LogP contribution in [0, 0.1) is 19.8 Å². The van der Waals surface area contributed by atoms with Gasteiger partial charge < -0.3 is 14.3 Å². The molecule has 1 fully saturated rings. The van der Waals surface area contributed by atoms with Gasteiger partial charge in [-0.3, -0.25) is 4.79 Å².